The van der Waals surface area contributed by atoms with Gasteiger partial charge in [-0.25, -0.2) is 0 Å². The van der Waals surface area contributed by atoms with Crippen LogP contribution in [0, 0.1) is 0 Å². The van der Waals surface area contributed by atoms with Gasteiger partial charge in [-0.15, -0.1) is 10.2 Å². The van der Waals surface area contributed by atoms with Gasteiger partial charge in [-0.2, -0.15) is 0 Å². The number of rotatable bonds is 5. The van der Waals surface area contributed by atoms with E-state index in [9.17, 15) is 0 Å². The lowest BCUT2D eigenvalue weighted by Crippen LogP contribution is -2.18. The van der Waals surface area contributed by atoms with Crippen LogP contribution >= 0.6 is 11.6 Å². The minimum atomic E-state index is 0.751. The SMILES string of the molecule is Cn1cnnc1CCNCc1c[nH]c2cc(Cl)ccc12. The van der Waals surface area contributed by atoms with Crippen molar-refractivity contribution >= 4 is 22.5 Å². The third-order valence-electron chi connectivity index (χ3n) is 3.38. The molecule has 0 spiro atoms. The molecule has 20 heavy (non-hydrogen) atoms. The maximum atomic E-state index is 5.98. The highest BCUT2D eigenvalue weighted by molar-refractivity contribution is 6.31. The monoisotopic (exact) mass is 289 g/mol. The predicted molar refractivity (Wildman–Crippen MR) is 79.7 cm³/mol. The van der Waals surface area contributed by atoms with Crippen LogP contribution < -0.4 is 5.32 Å². The molecule has 0 unspecified atom stereocenters. The molecule has 0 radical (unpaired) electrons. The number of benzene rings is 1. The lowest BCUT2D eigenvalue weighted by atomic mass is 10.2. The fourth-order valence-electron chi connectivity index (χ4n) is 2.26. The molecular formula is C14H16ClN5. The number of hydrogen-bond acceptors (Lipinski definition) is 3. The van der Waals surface area contributed by atoms with Crippen molar-refractivity contribution in [3.8, 4) is 0 Å². The smallest absolute Gasteiger partial charge is 0.133 e. The maximum Gasteiger partial charge on any atom is 0.133 e. The number of H-pyrrole nitrogens is 1. The second-order valence-electron chi connectivity index (χ2n) is 4.79. The molecule has 2 N–H and O–H groups in total. The summed E-state index contributed by atoms with van der Waals surface area (Å²) in [5.41, 5.74) is 2.32. The summed E-state index contributed by atoms with van der Waals surface area (Å²) in [6.45, 7) is 1.69. The Morgan fingerprint density at radius 2 is 2.30 bits per heavy atom. The Morgan fingerprint density at radius 3 is 3.10 bits per heavy atom. The minimum Gasteiger partial charge on any atom is -0.361 e. The molecule has 0 aliphatic heterocycles. The van der Waals surface area contributed by atoms with Gasteiger partial charge in [-0.05, 0) is 17.7 Å². The summed E-state index contributed by atoms with van der Waals surface area (Å²) in [5.74, 6) is 0.989. The van der Waals surface area contributed by atoms with Crippen LogP contribution in [-0.4, -0.2) is 26.3 Å². The van der Waals surface area contributed by atoms with Gasteiger partial charge in [0.25, 0.3) is 0 Å². The van der Waals surface area contributed by atoms with Crippen molar-refractivity contribution in [3.63, 3.8) is 0 Å². The molecule has 0 bridgehead atoms. The second kappa shape index (κ2) is 5.64. The summed E-state index contributed by atoms with van der Waals surface area (Å²) in [6.07, 6.45) is 4.61. The van der Waals surface area contributed by atoms with Gasteiger partial charge in [-0.3, -0.25) is 0 Å². The Morgan fingerprint density at radius 1 is 1.40 bits per heavy atom. The van der Waals surface area contributed by atoms with Gasteiger partial charge in [0, 0.05) is 48.7 Å². The lowest BCUT2D eigenvalue weighted by Gasteiger charge is -2.04. The highest BCUT2D eigenvalue weighted by Crippen LogP contribution is 2.21. The molecule has 0 amide bonds. The van der Waals surface area contributed by atoms with E-state index in [0.29, 0.717) is 0 Å². The van der Waals surface area contributed by atoms with Crippen molar-refractivity contribution in [2.45, 2.75) is 13.0 Å². The van der Waals surface area contributed by atoms with Crippen molar-refractivity contribution in [3.05, 3.63) is 47.1 Å². The van der Waals surface area contributed by atoms with Gasteiger partial charge in [0.2, 0.25) is 0 Å². The van der Waals surface area contributed by atoms with Gasteiger partial charge in [0.15, 0.2) is 0 Å². The molecule has 2 heterocycles. The Balaban J connectivity index is 1.59. The Bertz CT molecular complexity index is 715. The van der Waals surface area contributed by atoms with E-state index >= 15 is 0 Å². The van der Waals surface area contributed by atoms with Gasteiger partial charge >= 0.3 is 0 Å². The summed E-state index contributed by atoms with van der Waals surface area (Å²) in [4.78, 5) is 3.24. The molecule has 0 fully saturated rings. The van der Waals surface area contributed by atoms with Crippen LogP contribution in [0.25, 0.3) is 10.9 Å². The highest BCUT2D eigenvalue weighted by atomic mass is 35.5. The summed E-state index contributed by atoms with van der Waals surface area (Å²) < 4.78 is 1.94. The summed E-state index contributed by atoms with van der Waals surface area (Å²) in [5, 5.41) is 13.3. The average molecular weight is 290 g/mol. The van der Waals surface area contributed by atoms with E-state index in [4.69, 9.17) is 11.6 Å². The summed E-state index contributed by atoms with van der Waals surface area (Å²) >= 11 is 5.98. The molecule has 1 aromatic carbocycles. The first-order chi connectivity index (χ1) is 9.74. The van der Waals surface area contributed by atoms with E-state index in [0.717, 1.165) is 35.9 Å². The molecule has 0 atom stereocenters. The molecule has 5 nitrogen and oxygen atoms in total. The van der Waals surface area contributed by atoms with E-state index in [2.05, 4.69) is 20.5 Å². The zero-order valence-electron chi connectivity index (χ0n) is 11.2. The lowest BCUT2D eigenvalue weighted by molar-refractivity contribution is 0.655. The summed E-state index contributed by atoms with van der Waals surface area (Å²) in [7, 11) is 1.96. The molecule has 0 aliphatic carbocycles. The van der Waals surface area contributed by atoms with Crippen LogP contribution in [-0.2, 0) is 20.0 Å². The zero-order valence-corrected chi connectivity index (χ0v) is 12.0. The van der Waals surface area contributed by atoms with Crippen LogP contribution in [0.1, 0.15) is 11.4 Å². The van der Waals surface area contributed by atoms with Crippen molar-refractivity contribution in [2.75, 3.05) is 6.54 Å². The van der Waals surface area contributed by atoms with Crippen molar-refractivity contribution in [1.82, 2.24) is 25.1 Å². The van der Waals surface area contributed by atoms with E-state index in [1.54, 1.807) is 6.33 Å². The molecule has 3 aromatic rings. The first kappa shape index (κ1) is 13.1. The van der Waals surface area contributed by atoms with Crippen LogP contribution in [0.15, 0.2) is 30.7 Å². The molecule has 6 heteroatoms. The number of aromatic amines is 1. The van der Waals surface area contributed by atoms with Gasteiger partial charge in [-0.1, -0.05) is 17.7 Å². The average Bonchev–Trinajstić information content (AvgIpc) is 3.01. The number of nitrogens with one attached hydrogen (secondary N) is 2. The van der Waals surface area contributed by atoms with Gasteiger partial charge in [0.1, 0.15) is 12.2 Å². The van der Waals surface area contributed by atoms with E-state index in [-0.39, 0.29) is 0 Å². The van der Waals surface area contributed by atoms with E-state index < -0.39 is 0 Å². The van der Waals surface area contributed by atoms with Crippen molar-refractivity contribution in [1.29, 1.82) is 0 Å². The Kier molecular flexibility index (Phi) is 3.71. The predicted octanol–water partition coefficient (Wildman–Crippen LogP) is 2.28. The first-order valence-corrected chi connectivity index (χ1v) is 6.91. The minimum absolute atomic E-state index is 0.751. The molecule has 2 aromatic heterocycles. The van der Waals surface area contributed by atoms with Gasteiger partial charge < -0.3 is 14.9 Å². The Labute approximate surface area is 122 Å². The number of aryl methyl sites for hydroxylation is 1. The molecule has 0 saturated carbocycles. The third kappa shape index (κ3) is 2.69. The number of hydrogen-bond donors (Lipinski definition) is 2. The molecular weight excluding hydrogens is 274 g/mol. The Hall–Kier alpha value is -1.85. The standard InChI is InChI=1S/C14H16ClN5/c1-20-9-18-19-14(20)4-5-16-7-10-8-17-13-6-11(15)2-3-12(10)13/h2-3,6,8-9,16-17H,4-5,7H2,1H3. The maximum absolute atomic E-state index is 5.98. The topological polar surface area (TPSA) is 58.5 Å². The van der Waals surface area contributed by atoms with Crippen molar-refractivity contribution in [2.24, 2.45) is 7.05 Å². The summed E-state index contributed by atoms with van der Waals surface area (Å²) in [6, 6.07) is 5.91. The number of halogens is 1. The van der Waals surface area contributed by atoms with Crippen molar-refractivity contribution < 1.29 is 0 Å². The van der Waals surface area contributed by atoms with Gasteiger partial charge in [0.05, 0.1) is 0 Å². The fraction of sp³-hybridized carbons (Fsp3) is 0.286. The molecule has 3 rings (SSSR count). The van der Waals surface area contributed by atoms with Crippen LogP contribution in [0.3, 0.4) is 0 Å². The van der Waals surface area contributed by atoms with Crippen LogP contribution in [0.2, 0.25) is 5.02 Å². The fourth-order valence-corrected chi connectivity index (χ4v) is 2.43. The number of fused-ring (bicyclic) bond motifs is 1. The van der Waals surface area contributed by atoms with E-state index in [1.807, 2.05) is 36.0 Å². The molecule has 0 saturated heterocycles. The van der Waals surface area contributed by atoms with E-state index in [1.165, 1.54) is 10.9 Å². The second-order valence-corrected chi connectivity index (χ2v) is 5.23. The first-order valence-electron chi connectivity index (χ1n) is 6.53. The number of aromatic nitrogens is 4. The molecule has 0 aliphatic rings. The quantitative estimate of drug-likeness (QED) is 0.709. The normalized spacial score (nSPS) is 11.3. The molecule has 104 valence electrons. The number of nitrogens with zero attached hydrogens (tertiary/aromatic N) is 3. The highest BCUT2D eigenvalue weighted by Gasteiger charge is 2.04. The van der Waals surface area contributed by atoms with Crippen LogP contribution in [0.4, 0.5) is 0 Å². The van der Waals surface area contributed by atoms with Crippen LogP contribution in [0.5, 0.6) is 0 Å². The largest absolute Gasteiger partial charge is 0.361 e. The zero-order chi connectivity index (χ0) is 13.9. The third-order valence-corrected chi connectivity index (χ3v) is 3.61.